The number of rotatable bonds is 6. The summed E-state index contributed by atoms with van der Waals surface area (Å²) in [5.41, 5.74) is 5.63. The van der Waals surface area contributed by atoms with Crippen molar-refractivity contribution in [3.63, 3.8) is 0 Å². The van der Waals surface area contributed by atoms with Gasteiger partial charge in [0, 0.05) is 6.04 Å². The van der Waals surface area contributed by atoms with Gasteiger partial charge in [0.1, 0.15) is 0 Å². The van der Waals surface area contributed by atoms with Gasteiger partial charge in [0.05, 0.1) is 0 Å². The van der Waals surface area contributed by atoms with E-state index in [0.717, 1.165) is 18.9 Å². The van der Waals surface area contributed by atoms with Gasteiger partial charge in [-0.1, -0.05) is 19.3 Å². The highest BCUT2D eigenvalue weighted by Gasteiger charge is 2.15. The summed E-state index contributed by atoms with van der Waals surface area (Å²) in [5, 5.41) is 3.44. The molecule has 1 atom stereocenters. The number of nitrogens with one attached hydrogen (secondary N) is 1. The van der Waals surface area contributed by atoms with Crippen molar-refractivity contribution in [3.8, 4) is 0 Å². The summed E-state index contributed by atoms with van der Waals surface area (Å²) < 4.78 is 0. The summed E-state index contributed by atoms with van der Waals surface area (Å²) in [6.45, 7) is 4.34. The summed E-state index contributed by atoms with van der Waals surface area (Å²) in [6.07, 6.45) is 6.87. The Labute approximate surface area is 75.9 Å². The van der Waals surface area contributed by atoms with Crippen LogP contribution in [0.15, 0.2) is 0 Å². The smallest absolute Gasteiger partial charge is 0.00225 e. The fourth-order valence-corrected chi connectivity index (χ4v) is 1.54. The van der Waals surface area contributed by atoms with E-state index in [1.807, 2.05) is 0 Å². The Morgan fingerprint density at radius 3 is 2.67 bits per heavy atom. The first-order valence-corrected chi connectivity index (χ1v) is 5.25. The lowest BCUT2D eigenvalue weighted by Gasteiger charge is -2.25. The van der Waals surface area contributed by atoms with E-state index in [9.17, 15) is 0 Å². The van der Waals surface area contributed by atoms with Gasteiger partial charge < -0.3 is 11.1 Å². The molecule has 12 heavy (non-hydrogen) atoms. The van der Waals surface area contributed by atoms with Gasteiger partial charge in [-0.25, -0.2) is 0 Å². The third-order valence-electron chi connectivity index (χ3n) is 2.73. The Bertz CT molecular complexity index is 108. The minimum atomic E-state index is 0.348. The minimum Gasteiger partial charge on any atom is -0.328 e. The highest BCUT2D eigenvalue weighted by atomic mass is 14.9. The third kappa shape index (κ3) is 4.07. The zero-order chi connectivity index (χ0) is 8.81. The topological polar surface area (TPSA) is 38.0 Å². The van der Waals surface area contributed by atoms with Crippen molar-refractivity contribution >= 4 is 0 Å². The molecule has 2 heteroatoms. The minimum absolute atomic E-state index is 0.348. The van der Waals surface area contributed by atoms with E-state index in [1.165, 1.54) is 32.2 Å². The fraction of sp³-hybridized carbons (Fsp3) is 1.00. The Morgan fingerprint density at radius 2 is 2.17 bits per heavy atom. The van der Waals surface area contributed by atoms with Crippen LogP contribution >= 0.6 is 0 Å². The Balaban J connectivity index is 1.76. The highest BCUT2D eigenvalue weighted by Crippen LogP contribution is 2.28. The maximum Gasteiger partial charge on any atom is 0.00225 e. The molecule has 0 bridgehead atoms. The maximum atomic E-state index is 5.63. The van der Waals surface area contributed by atoms with Crippen LogP contribution < -0.4 is 11.1 Å². The molecule has 1 unspecified atom stereocenters. The van der Waals surface area contributed by atoms with Crippen molar-refractivity contribution < 1.29 is 0 Å². The van der Waals surface area contributed by atoms with Gasteiger partial charge in [0.15, 0.2) is 0 Å². The quantitative estimate of drug-likeness (QED) is 0.593. The second kappa shape index (κ2) is 5.55. The molecule has 0 saturated heterocycles. The van der Waals surface area contributed by atoms with Crippen molar-refractivity contribution in [1.82, 2.24) is 5.32 Å². The van der Waals surface area contributed by atoms with Gasteiger partial charge in [0.2, 0.25) is 0 Å². The molecule has 0 amide bonds. The number of hydrogen-bond donors (Lipinski definition) is 2. The van der Waals surface area contributed by atoms with Gasteiger partial charge in [-0.2, -0.15) is 0 Å². The molecule has 0 spiro atoms. The average Bonchev–Trinajstić information content (AvgIpc) is 1.92. The first kappa shape index (κ1) is 10.0. The van der Waals surface area contributed by atoms with E-state index in [0.29, 0.717) is 6.04 Å². The van der Waals surface area contributed by atoms with Gasteiger partial charge in [-0.3, -0.25) is 0 Å². The lowest BCUT2D eigenvalue weighted by Crippen LogP contribution is -2.26. The van der Waals surface area contributed by atoms with E-state index >= 15 is 0 Å². The van der Waals surface area contributed by atoms with E-state index < -0.39 is 0 Å². The lowest BCUT2D eigenvalue weighted by molar-refractivity contribution is 0.292. The Kier molecular flexibility index (Phi) is 4.62. The summed E-state index contributed by atoms with van der Waals surface area (Å²) in [6, 6.07) is 0.348. The summed E-state index contributed by atoms with van der Waals surface area (Å²) in [5.74, 6) is 1.03. The van der Waals surface area contributed by atoms with Crippen LogP contribution in [0.3, 0.4) is 0 Å². The van der Waals surface area contributed by atoms with E-state index in [-0.39, 0.29) is 0 Å². The fourth-order valence-electron chi connectivity index (χ4n) is 1.54. The SMILES string of the molecule is CC(N)CCNCCC1CCC1. The van der Waals surface area contributed by atoms with Crippen molar-refractivity contribution in [2.24, 2.45) is 11.7 Å². The third-order valence-corrected chi connectivity index (χ3v) is 2.73. The zero-order valence-electron chi connectivity index (χ0n) is 8.18. The predicted octanol–water partition coefficient (Wildman–Crippen LogP) is 1.50. The largest absolute Gasteiger partial charge is 0.328 e. The van der Waals surface area contributed by atoms with E-state index in [1.54, 1.807) is 0 Å². The van der Waals surface area contributed by atoms with Crippen LogP contribution in [0.5, 0.6) is 0 Å². The first-order valence-electron chi connectivity index (χ1n) is 5.25. The predicted molar refractivity (Wildman–Crippen MR) is 53.1 cm³/mol. The molecule has 1 rings (SSSR count). The summed E-state index contributed by atoms with van der Waals surface area (Å²) in [7, 11) is 0. The monoisotopic (exact) mass is 170 g/mol. The van der Waals surface area contributed by atoms with Crippen molar-refractivity contribution in [3.05, 3.63) is 0 Å². The van der Waals surface area contributed by atoms with Crippen molar-refractivity contribution in [2.75, 3.05) is 13.1 Å². The lowest BCUT2D eigenvalue weighted by atomic mass is 9.83. The molecule has 1 saturated carbocycles. The highest BCUT2D eigenvalue weighted by molar-refractivity contribution is 4.70. The number of hydrogen-bond acceptors (Lipinski definition) is 2. The molecule has 1 aliphatic rings. The van der Waals surface area contributed by atoms with Gasteiger partial charge in [0.25, 0.3) is 0 Å². The Hall–Kier alpha value is -0.0800. The molecule has 0 aromatic heterocycles. The normalized spacial score (nSPS) is 20.5. The van der Waals surface area contributed by atoms with Crippen LogP contribution in [0.25, 0.3) is 0 Å². The molecule has 0 aromatic rings. The maximum absolute atomic E-state index is 5.63. The number of nitrogens with two attached hydrogens (primary N) is 1. The summed E-state index contributed by atoms with van der Waals surface area (Å²) in [4.78, 5) is 0. The van der Waals surface area contributed by atoms with E-state index in [4.69, 9.17) is 5.73 Å². The Morgan fingerprint density at radius 1 is 1.42 bits per heavy atom. The zero-order valence-corrected chi connectivity index (χ0v) is 8.18. The molecule has 2 nitrogen and oxygen atoms in total. The van der Waals surface area contributed by atoms with Gasteiger partial charge in [-0.15, -0.1) is 0 Å². The summed E-state index contributed by atoms with van der Waals surface area (Å²) >= 11 is 0. The molecule has 72 valence electrons. The van der Waals surface area contributed by atoms with Crippen molar-refractivity contribution in [2.45, 2.75) is 45.1 Å². The van der Waals surface area contributed by atoms with Crippen LogP contribution in [0.1, 0.15) is 39.0 Å². The molecule has 1 aliphatic carbocycles. The van der Waals surface area contributed by atoms with Crippen LogP contribution in [0.2, 0.25) is 0 Å². The van der Waals surface area contributed by atoms with Crippen LogP contribution in [-0.2, 0) is 0 Å². The molecule has 0 aromatic carbocycles. The van der Waals surface area contributed by atoms with E-state index in [2.05, 4.69) is 12.2 Å². The first-order chi connectivity index (χ1) is 5.79. The van der Waals surface area contributed by atoms with Crippen LogP contribution in [0.4, 0.5) is 0 Å². The van der Waals surface area contributed by atoms with Gasteiger partial charge >= 0.3 is 0 Å². The van der Waals surface area contributed by atoms with Crippen LogP contribution in [-0.4, -0.2) is 19.1 Å². The molecular weight excluding hydrogens is 148 g/mol. The standard InChI is InChI=1S/C10H22N2/c1-9(11)5-7-12-8-6-10-3-2-4-10/h9-10,12H,2-8,11H2,1H3. The molecule has 1 fully saturated rings. The molecule has 0 aliphatic heterocycles. The molecular formula is C10H22N2. The van der Waals surface area contributed by atoms with Crippen LogP contribution in [0, 0.1) is 5.92 Å². The van der Waals surface area contributed by atoms with Crippen molar-refractivity contribution in [1.29, 1.82) is 0 Å². The second-order valence-corrected chi connectivity index (χ2v) is 4.10. The van der Waals surface area contributed by atoms with Gasteiger partial charge in [-0.05, 0) is 38.8 Å². The second-order valence-electron chi connectivity index (χ2n) is 4.10. The molecule has 0 radical (unpaired) electrons. The average molecular weight is 170 g/mol. The molecule has 0 heterocycles. The molecule has 3 N–H and O–H groups in total.